The van der Waals surface area contributed by atoms with Crippen molar-refractivity contribution >= 4 is 28.5 Å². The molecule has 0 saturated carbocycles. The summed E-state index contributed by atoms with van der Waals surface area (Å²) >= 11 is 6.11. The Balaban J connectivity index is 1.77. The van der Waals surface area contributed by atoms with E-state index in [0.29, 0.717) is 11.6 Å². The van der Waals surface area contributed by atoms with E-state index in [-0.39, 0.29) is 0 Å². The molecule has 114 valence electrons. The van der Waals surface area contributed by atoms with Gasteiger partial charge >= 0.3 is 0 Å². The second-order valence-electron chi connectivity index (χ2n) is 5.09. The van der Waals surface area contributed by atoms with Crippen LogP contribution in [0.1, 0.15) is 5.69 Å². The van der Waals surface area contributed by atoms with Gasteiger partial charge in [0, 0.05) is 23.0 Å². The van der Waals surface area contributed by atoms with Crippen LogP contribution in [0.25, 0.3) is 22.2 Å². The average Bonchev–Trinajstić information content (AvgIpc) is 3.22. The number of hydrogen-bond donors (Lipinski definition) is 3. The Hall–Kier alpha value is -2.86. The van der Waals surface area contributed by atoms with E-state index in [0.717, 1.165) is 33.7 Å². The van der Waals surface area contributed by atoms with Crippen molar-refractivity contribution < 1.29 is 0 Å². The molecule has 0 radical (unpaired) electrons. The highest BCUT2D eigenvalue weighted by Crippen LogP contribution is 2.33. The molecule has 0 bridgehead atoms. The molecule has 7 heteroatoms. The summed E-state index contributed by atoms with van der Waals surface area (Å²) in [5.74, 6) is 0.765. The molecule has 0 saturated heterocycles. The first-order chi connectivity index (χ1) is 11.3. The molecule has 0 aliphatic rings. The number of benzene rings is 1. The van der Waals surface area contributed by atoms with Crippen LogP contribution in [0, 0.1) is 0 Å². The molecule has 0 aliphatic carbocycles. The van der Waals surface area contributed by atoms with Gasteiger partial charge in [-0.25, -0.2) is 9.97 Å². The number of fused-ring (bicyclic) bond motifs is 1. The van der Waals surface area contributed by atoms with Crippen molar-refractivity contribution in [2.24, 2.45) is 0 Å². The zero-order valence-corrected chi connectivity index (χ0v) is 12.8. The van der Waals surface area contributed by atoms with E-state index in [1.165, 1.54) is 6.33 Å². The monoisotopic (exact) mass is 324 g/mol. The van der Waals surface area contributed by atoms with Crippen molar-refractivity contribution in [2.45, 2.75) is 6.54 Å². The third-order valence-electron chi connectivity index (χ3n) is 3.61. The molecule has 3 heterocycles. The summed E-state index contributed by atoms with van der Waals surface area (Å²) in [4.78, 5) is 11.9. The van der Waals surface area contributed by atoms with Gasteiger partial charge in [-0.15, -0.1) is 0 Å². The van der Waals surface area contributed by atoms with Crippen LogP contribution >= 0.6 is 11.6 Å². The molecule has 0 unspecified atom stereocenters. The molecule has 4 aromatic rings. The largest absolute Gasteiger partial charge is 0.364 e. The third kappa shape index (κ3) is 2.64. The maximum Gasteiger partial charge on any atom is 0.143 e. The van der Waals surface area contributed by atoms with Crippen LogP contribution in [-0.4, -0.2) is 25.1 Å². The first kappa shape index (κ1) is 13.8. The van der Waals surface area contributed by atoms with Crippen molar-refractivity contribution in [2.75, 3.05) is 5.32 Å². The highest BCUT2D eigenvalue weighted by Gasteiger charge is 2.13. The van der Waals surface area contributed by atoms with Gasteiger partial charge in [0.25, 0.3) is 0 Å². The van der Waals surface area contributed by atoms with Crippen molar-refractivity contribution in [1.29, 1.82) is 0 Å². The van der Waals surface area contributed by atoms with E-state index in [1.54, 1.807) is 6.20 Å². The minimum atomic E-state index is 0.603. The summed E-state index contributed by atoms with van der Waals surface area (Å²) in [6.45, 7) is 0.603. The van der Waals surface area contributed by atoms with Gasteiger partial charge in [0.05, 0.1) is 17.6 Å². The number of H-pyrrole nitrogens is 2. The number of nitrogens with zero attached hydrogens (tertiary/aromatic N) is 3. The summed E-state index contributed by atoms with van der Waals surface area (Å²) in [5, 5.41) is 11.8. The molecule has 23 heavy (non-hydrogen) atoms. The summed E-state index contributed by atoms with van der Waals surface area (Å²) in [6, 6.07) is 9.64. The van der Waals surface area contributed by atoms with E-state index in [4.69, 9.17) is 11.6 Å². The van der Waals surface area contributed by atoms with Crippen LogP contribution in [0.5, 0.6) is 0 Å². The Labute approximate surface area is 136 Å². The van der Waals surface area contributed by atoms with Gasteiger partial charge < -0.3 is 10.3 Å². The summed E-state index contributed by atoms with van der Waals surface area (Å²) < 4.78 is 0. The molecule has 0 atom stereocenters. The fourth-order valence-corrected chi connectivity index (χ4v) is 2.73. The number of aromatic amines is 2. The SMILES string of the molecule is Clc1cccc(-c2c[nH]c3ncnc(NCc4ccn[nH]4)c23)c1. The topological polar surface area (TPSA) is 82.3 Å². The molecule has 4 rings (SSSR count). The first-order valence-electron chi connectivity index (χ1n) is 7.11. The molecular formula is C16H13ClN6. The van der Waals surface area contributed by atoms with Gasteiger partial charge in [-0.05, 0) is 23.8 Å². The first-order valence-corrected chi connectivity index (χ1v) is 7.49. The van der Waals surface area contributed by atoms with Gasteiger partial charge in [-0.1, -0.05) is 23.7 Å². The normalized spacial score (nSPS) is 11.0. The summed E-state index contributed by atoms with van der Waals surface area (Å²) in [6.07, 6.45) is 5.18. The van der Waals surface area contributed by atoms with Crippen LogP contribution in [0.15, 0.2) is 49.1 Å². The molecule has 3 N–H and O–H groups in total. The number of anilines is 1. The molecule has 0 spiro atoms. The molecular weight excluding hydrogens is 312 g/mol. The Morgan fingerprint density at radius 2 is 2.13 bits per heavy atom. The standard InChI is InChI=1S/C16H13ClN6/c17-11-3-1-2-10(6-11)13-8-19-16-14(13)15(20-9-21-16)18-7-12-4-5-22-23-12/h1-6,8-9H,7H2,(H,22,23)(H2,18,19,20,21). The Morgan fingerprint density at radius 3 is 2.96 bits per heavy atom. The highest BCUT2D eigenvalue weighted by atomic mass is 35.5. The predicted molar refractivity (Wildman–Crippen MR) is 90.2 cm³/mol. The third-order valence-corrected chi connectivity index (χ3v) is 3.85. The molecule has 0 aliphatic heterocycles. The zero-order chi connectivity index (χ0) is 15.6. The van der Waals surface area contributed by atoms with Gasteiger partial charge in [-0.3, -0.25) is 5.10 Å². The molecule has 3 aromatic heterocycles. The minimum absolute atomic E-state index is 0.603. The molecule has 0 fully saturated rings. The Kier molecular flexibility index (Phi) is 3.44. The number of aromatic nitrogens is 5. The van der Waals surface area contributed by atoms with E-state index < -0.39 is 0 Å². The lowest BCUT2D eigenvalue weighted by molar-refractivity contribution is 0.974. The second kappa shape index (κ2) is 5.73. The van der Waals surface area contributed by atoms with Crippen LogP contribution < -0.4 is 5.32 Å². The van der Waals surface area contributed by atoms with Crippen LogP contribution in [0.4, 0.5) is 5.82 Å². The van der Waals surface area contributed by atoms with Crippen molar-refractivity contribution in [3.05, 3.63) is 59.8 Å². The number of hydrogen-bond acceptors (Lipinski definition) is 4. The summed E-state index contributed by atoms with van der Waals surface area (Å²) in [5.41, 5.74) is 3.79. The Bertz CT molecular complexity index is 944. The van der Waals surface area contributed by atoms with Crippen molar-refractivity contribution in [3.63, 3.8) is 0 Å². The lowest BCUT2D eigenvalue weighted by Crippen LogP contribution is -2.02. The fourth-order valence-electron chi connectivity index (χ4n) is 2.54. The highest BCUT2D eigenvalue weighted by molar-refractivity contribution is 6.31. The molecule has 0 amide bonds. The second-order valence-corrected chi connectivity index (χ2v) is 5.53. The van der Waals surface area contributed by atoms with Crippen molar-refractivity contribution in [3.8, 4) is 11.1 Å². The van der Waals surface area contributed by atoms with E-state index in [2.05, 4.69) is 30.5 Å². The number of halogens is 1. The van der Waals surface area contributed by atoms with Gasteiger partial charge in [0.1, 0.15) is 17.8 Å². The van der Waals surface area contributed by atoms with Crippen LogP contribution in [0.3, 0.4) is 0 Å². The van der Waals surface area contributed by atoms with Gasteiger partial charge in [-0.2, -0.15) is 5.10 Å². The average molecular weight is 325 g/mol. The number of nitrogens with one attached hydrogen (secondary N) is 3. The molecule has 1 aromatic carbocycles. The van der Waals surface area contributed by atoms with Gasteiger partial charge in [0.15, 0.2) is 0 Å². The van der Waals surface area contributed by atoms with E-state index in [1.807, 2.05) is 36.5 Å². The fraction of sp³-hybridized carbons (Fsp3) is 0.0625. The van der Waals surface area contributed by atoms with E-state index in [9.17, 15) is 0 Å². The quantitative estimate of drug-likeness (QED) is 0.535. The smallest absolute Gasteiger partial charge is 0.143 e. The maximum absolute atomic E-state index is 6.11. The maximum atomic E-state index is 6.11. The van der Waals surface area contributed by atoms with Crippen LogP contribution in [-0.2, 0) is 6.54 Å². The van der Waals surface area contributed by atoms with Gasteiger partial charge in [0.2, 0.25) is 0 Å². The zero-order valence-electron chi connectivity index (χ0n) is 12.0. The molecule has 6 nitrogen and oxygen atoms in total. The van der Waals surface area contributed by atoms with Crippen LogP contribution in [0.2, 0.25) is 5.02 Å². The lowest BCUT2D eigenvalue weighted by Gasteiger charge is -2.07. The number of rotatable bonds is 4. The van der Waals surface area contributed by atoms with Crippen molar-refractivity contribution in [1.82, 2.24) is 25.1 Å². The minimum Gasteiger partial charge on any atom is -0.364 e. The predicted octanol–water partition coefficient (Wildman–Crippen LogP) is 3.61. The Morgan fingerprint density at radius 1 is 1.17 bits per heavy atom. The lowest BCUT2D eigenvalue weighted by atomic mass is 10.1. The summed E-state index contributed by atoms with van der Waals surface area (Å²) in [7, 11) is 0. The van der Waals surface area contributed by atoms with E-state index >= 15 is 0 Å².